The van der Waals surface area contributed by atoms with Gasteiger partial charge in [-0.05, 0) is 37.5 Å². The molecule has 2 amide bonds. The third-order valence-electron chi connectivity index (χ3n) is 3.33. The van der Waals surface area contributed by atoms with E-state index in [0.29, 0.717) is 0 Å². The lowest BCUT2D eigenvalue weighted by Crippen LogP contribution is -2.36. The first kappa shape index (κ1) is 16.4. The number of aryl methyl sites for hydroxylation is 1. The van der Waals surface area contributed by atoms with Crippen LogP contribution in [0.5, 0.6) is 0 Å². The first-order valence-corrected chi connectivity index (χ1v) is 8.63. The number of nitrogens with zero attached hydrogens (tertiary/aromatic N) is 2. The van der Waals surface area contributed by atoms with Gasteiger partial charge in [-0.25, -0.2) is 9.78 Å². The van der Waals surface area contributed by atoms with Gasteiger partial charge in [-0.15, -0.1) is 0 Å². The summed E-state index contributed by atoms with van der Waals surface area (Å²) in [5, 5.41) is 5.82. The highest BCUT2D eigenvalue weighted by Crippen LogP contribution is 2.20. The first-order valence-electron chi connectivity index (χ1n) is 7.24. The molecular weight excluding hydrogens is 296 g/mol. The predicted molar refractivity (Wildman–Crippen MR) is 93.3 cm³/mol. The number of hydrogen-bond acceptors (Lipinski definition) is 3. The number of thioether (sulfide) groups is 1. The van der Waals surface area contributed by atoms with Crippen molar-refractivity contribution in [3.05, 3.63) is 36.7 Å². The van der Waals surface area contributed by atoms with Gasteiger partial charge in [0, 0.05) is 36.7 Å². The van der Waals surface area contributed by atoms with Crippen LogP contribution in [0.2, 0.25) is 0 Å². The van der Waals surface area contributed by atoms with E-state index < -0.39 is 0 Å². The minimum Gasteiger partial charge on any atom is -0.335 e. The van der Waals surface area contributed by atoms with E-state index in [1.807, 2.05) is 49.0 Å². The number of rotatable bonds is 6. The van der Waals surface area contributed by atoms with Crippen LogP contribution in [0.3, 0.4) is 0 Å². The summed E-state index contributed by atoms with van der Waals surface area (Å²) in [6, 6.07) is 7.67. The highest BCUT2D eigenvalue weighted by Gasteiger charge is 2.08. The molecular formula is C16H22N4OS. The Morgan fingerprint density at radius 1 is 1.45 bits per heavy atom. The summed E-state index contributed by atoms with van der Waals surface area (Å²) in [5.74, 6) is 1.91. The van der Waals surface area contributed by atoms with Crippen molar-refractivity contribution < 1.29 is 4.79 Å². The molecule has 1 atom stereocenters. The maximum Gasteiger partial charge on any atom is 0.319 e. The van der Waals surface area contributed by atoms with Crippen LogP contribution < -0.4 is 10.6 Å². The predicted octanol–water partition coefficient (Wildman–Crippen LogP) is 3.35. The fourth-order valence-corrected chi connectivity index (χ4v) is 2.73. The normalized spacial score (nSPS) is 12.0. The molecule has 1 heterocycles. The van der Waals surface area contributed by atoms with Crippen LogP contribution in [0.25, 0.3) is 11.4 Å². The number of anilines is 1. The zero-order valence-electron chi connectivity index (χ0n) is 13.2. The lowest BCUT2D eigenvalue weighted by Gasteiger charge is -2.14. The van der Waals surface area contributed by atoms with E-state index in [-0.39, 0.29) is 12.1 Å². The maximum atomic E-state index is 12.0. The van der Waals surface area contributed by atoms with Crippen molar-refractivity contribution in [2.75, 3.05) is 17.3 Å². The Bertz CT molecular complexity index is 626. The molecule has 0 saturated heterocycles. The molecule has 5 nitrogen and oxygen atoms in total. The van der Waals surface area contributed by atoms with Crippen LogP contribution >= 0.6 is 11.8 Å². The highest BCUT2D eigenvalue weighted by atomic mass is 32.2. The Kier molecular flexibility index (Phi) is 5.89. The zero-order valence-corrected chi connectivity index (χ0v) is 14.0. The number of amides is 2. The number of aromatic nitrogens is 2. The van der Waals surface area contributed by atoms with E-state index in [9.17, 15) is 4.79 Å². The average molecular weight is 318 g/mol. The Balaban J connectivity index is 1.99. The largest absolute Gasteiger partial charge is 0.335 e. The molecule has 22 heavy (non-hydrogen) atoms. The molecule has 6 heteroatoms. The first-order chi connectivity index (χ1) is 10.6. The second-order valence-electron chi connectivity index (χ2n) is 5.22. The second kappa shape index (κ2) is 7.89. The standard InChI is InChI=1S/C16H22N4OS/c1-12(7-10-22-3)18-16(21)19-14-6-4-5-13(11-14)15-17-8-9-20(15)2/h4-6,8-9,11-12H,7,10H2,1-3H3,(H2,18,19,21)/t12-/m1/s1. The zero-order chi connectivity index (χ0) is 15.9. The smallest absolute Gasteiger partial charge is 0.319 e. The topological polar surface area (TPSA) is 59.0 Å². The van der Waals surface area contributed by atoms with Crippen LogP contribution in [-0.4, -0.2) is 33.6 Å². The summed E-state index contributed by atoms with van der Waals surface area (Å²) in [4.78, 5) is 16.3. The van der Waals surface area contributed by atoms with Gasteiger partial charge in [0.1, 0.15) is 5.82 Å². The van der Waals surface area contributed by atoms with Crippen LogP contribution in [0.15, 0.2) is 36.7 Å². The minimum atomic E-state index is -0.175. The Morgan fingerprint density at radius 3 is 2.95 bits per heavy atom. The molecule has 0 fully saturated rings. The van der Waals surface area contributed by atoms with Gasteiger partial charge in [0.05, 0.1) is 0 Å². The van der Waals surface area contributed by atoms with E-state index in [2.05, 4.69) is 21.9 Å². The van der Waals surface area contributed by atoms with Gasteiger partial charge < -0.3 is 15.2 Å². The van der Waals surface area contributed by atoms with Crippen LogP contribution in [-0.2, 0) is 7.05 Å². The van der Waals surface area contributed by atoms with Gasteiger partial charge in [0.25, 0.3) is 0 Å². The number of nitrogens with one attached hydrogen (secondary N) is 2. The highest BCUT2D eigenvalue weighted by molar-refractivity contribution is 7.98. The molecule has 0 bridgehead atoms. The van der Waals surface area contributed by atoms with Crippen LogP contribution in [0, 0.1) is 0 Å². The van der Waals surface area contributed by atoms with Crippen molar-refractivity contribution in [3.8, 4) is 11.4 Å². The minimum absolute atomic E-state index is 0.158. The third-order valence-corrected chi connectivity index (χ3v) is 3.98. The van der Waals surface area contributed by atoms with E-state index in [1.165, 1.54) is 0 Å². The molecule has 2 N–H and O–H groups in total. The monoisotopic (exact) mass is 318 g/mol. The number of benzene rings is 1. The van der Waals surface area contributed by atoms with Crippen molar-refractivity contribution in [2.24, 2.45) is 7.05 Å². The van der Waals surface area contributed by atoms with Gasteiger partial charge in [0.2, 0.25) is 0 Å². The molecule has 0 aliphatic heterocycles. The summed E-state index contributed by atoms with van der Waals surface area (Å²) in [7, 11) is 1.95. The molecule has 2 rings (SSSR count). The number of carbonyl (C=O) groups is 1. The molecule has 0 aliphatic carbocycles. The molecule has 0 unspecified atom stereocenters. The number of urea groups is 1. The number of carbonyl (C=O) groups excluding carboxylic acids is 1. The molecule has 0 aliphatic rings. The average Bonchev–Trinajstić information content (AvgIpc) is 2.91. The van der Waals surface area contributed by atoms with E-state index in [0.717, 1.165) is 29.2 Å². The fourth-order valence-electron chi connectivity index (χ4n) is 2.14. The summed E-state index contributed by atoms with van der Waals surface area (Å²) >= 11 is 1.78. The van der Waals surface area contributed by atoms with E-state index >= 15 is 0 Å². The molecule has 118 valence electrons. The van der Waals surface area contributed by atoms with Crippen molar-refractivity contribution in [3.63, 3.8) is 0 Å². The SMILES string of the molecule is CSCC[C@@H](C)NC(=O)Nc1cccc(-c2nccn2C)c1. The summed E-state index contributed by atoms with van der Waals surface area (Å²) in [6.45, 7) is 2.01. The maximum absolute atomic E-state index is 12.0. The Hall–Kier alpha value is -1.95. The van der Waals surface area contributed by atoms with Crippen molar-refractivity contribution >= 4 is 23.5 Å². The van der Waals surface area contributed by atoms with Crippen LogP contribution in [0.1, 0.15) is 13.3 Å². The quantitative estimate of drug-likeness (QED) is 0.858. The molecule has 0 saturated carbocycles. The number of imidazole rings is 1. The van der Waals surface area contributed by atoms with Gasteiger partial charge in [0.15, 0.2) is 0 Å². The summed E-state index contributed by atoms with van der Waals surface area (Å²) in [5.41, 5.74) is 1.73. The van der Waals surface area contributed by atoms with Crippen molar-refractivity contribution in [1.82, 2.24) is 14.9 Å². The van der Waals surface area contributed by atoms with Gasteiger partial charge in [-0.3, -0.25) is 0 Å². The molecule has 0 radical (unpaired) electrons. The van der Waals surface area contributed by atoms with Gasteiger partial charge in [-0.1, -0.05) is 12.1 Å². The lowest BCUT2D eigenvalue weighted by atomic mass is 10.2. The summed E-state index contributed by atoms with van der Waals surface area (Å²) in [6.07, 6.45) is 6.68. The van der Waals surface area contributed by atoms with Crippen LogP contribution in [0.4, 0.5) is 10.5 Å². The molecule has 1 aromatic heterocycles. The van der Waals surface area contributed by atoms with E-state index in [4.69, 9.17) is 0 Å². The fraction of sp³-hybridized carbons (Fsp3) is 0.375. The Morgan fingerprint density at radius 2 is 2.27 bits per heavy atom. The second-order valence-corrected chi connectivity index (χ2v) is 6.21. The molecule has 2 aromatic rings. The van der Waals surface area contributed by atoms with Gasteiger partial charge >= 0.3 is 6.03 Å². The number of hydrogen-bond donors (Lipinski definition) is 2. The third kappa shape index (κ3) is 4.53. The van der Waals surface area contributed by atoms with Crippen molar-refractivity contribution in [2.45, 2.75) is 19.4 Å². The van der Waals surface area contributed by atoms with Gasteiger partial charge in [-0.2, -0.15) is 11.8 Å². The Labute approximate surface area is 135 Å². The van der Waals surface area contributed by atoms with Crippen molar-refractivity contribution in [1.29, 1.82) is 0 Å². The lowest BCUT2D eigenvalue weighted by molar-refractivity contribution is 0.249. The summed E-state index contributed by atoms with van der Waals surface area (Å²) < 4.78 is 1.95. The molecule has 1 aromatic carbocycles. The van der Waals surface area contributed by atoms with E-state index in [1.54, 1.807) is 18.0 Å². The molecule has 0 spiro atoms.